The minimum atomic E-state index is -1.07. The molecule has 2 aromatic carbocycles. The Balaban J connectivity index is 1.93. The second kappa shape index (κ2) is 8.21. The SMILES string of the molecule is O=C(O)CCC(=O)N(Cc1nc2c(Cl)c(Cl)ccc2s1)c1ccc(F)cc1. The van der Waals surface area contributed by atoms with Crippen molar-refractivity contribution in [3.63, 3.8) is 0 Å². The lowest BCUT2D eigenvalue weighted by molar-refractivity contribution is -0.138. The van der Waals surface area contributed by atoms with E-state index in [4.69, 9.17) is 28.3 Å². The first-order valence-corrected chi connectivity index (χ1v) is 9.43. The summed E-state index contributed by atoms with van der Waals surface area (Å²) in [6.45, 7) is 0.109. The first kappa shape index (κ1) is 19.5. The van der Waals surface area contributed by atoms with E-state index in [-0.39, 0.29) is 19.4 Å². The topological polar surface area (TPSA) is 70.5 Å². The zero-order chi connectivity index (χ0) is 19.6. The molecule has 0 spiro atoms. The Kier molecular flexibility index (Phi) is 5.94. The molecule has 27 heavy (non-hydrogen) atoms. The highest BCUT2D eigenvalue weighted by Gasteiger charge is 2.20. The monoisotopic (exact) mass is 426 g/mol. The van der Waals surface area contributed by atoms with Crippen LogP contribution < -0.4 is 4.90 Å². The number of hydrogen-bond acceptors (Lipinski definition) is 4. The number of rotatable bonds is 6. The predicted octanol–water partition coefficient (Wildman–Crippen LogP) is 5.14. The van der Waals surface area contributed by atoms with E-state index in [2.05, 4.69) is 4.98 Å². The summed E-state index contributed by atoms with van der Waals surface area (Å²) in [4.78, 5) is 29.2. The van der Waals surface area contributed by atoms with Gasteiger partial charge in [0.1, 0.15) is 16.3 Å². The van der Waals surface area contributed by atoms with Crippen LogP contribution in [0.1, 0.15) is 17.8 Å². The van der Waals surface area contributed by atoms with E-state index in [1.165, 1.54) is 40.5 Å². The zero-order valence-electron chi connectivity index (χ0n) is 13.8. The Labute approximate surface area is 168 Å². The van der Waals surface area contributed by atoms with Gasteiger partial charge in [-0.15, -0.1) is 11.3 Å². The van der Waals surface area contributed by atoms with Gasteiger partial charge in [0.25, 0.3) is 0 Å². The molecule has 1 aromatic heterocycles. The van der Waals surface area contributed by atoms with Crippen molar-refractivity contribution in [2.24, 2.45) is 0 Å². The van der Waals surface area contributed by atoms with Crippen LogP contribution in [0.15, 0.2) is 36.4 Å². The maximum atomic E-state index is 13.2. The van der Waals surface area contributed by atoms with Crippen LogP contribution in [0.25, 0.3) is 10.2 Å². The van der Waals surface area contributed by atoms with Crippen molar-refractivity contribution >= 4 is 62.3 Å². The normalized spacial score (nSPS) is 10.9. The first-order valence-electron chi connectivity index (χ1n) is 7.86. The molecule has 0 saturated heterocycles. The number of aromatic nitrogens is 1. The molecule has 3 rings (SSSR count). The number of halogens is 3. The van der Waals surface area contributed by atoms with Crippen molar-refractivity contribution in [3.05, 3.63) is 57.3 Å². The Morgan fingerprint density at radius 3 is 2.48 bits per heavy atom. The maximum absolute atomic E-state index is 13.2. The fraction of sp³-hybridized carbons (Fsp3) is 0.167. The predicted molar refractivity (Wildman–Crippen MR) is 104 cm³/mol. The van der Waals surface area contributed by atoms with Crippen LogP contribution >= 0.6 is 34.5 Å². The number of fused-ring (bicyclic) bond motifs is 1. The minimum absolute atomic E-state index is 0.109. The number of thiazole rings is 1. The third kappa shape index (κ3) is 4.55. The van der Waals surface area contributed by atoms with Gasteiger partial charge in [-0.1, -0.05) is 23.2 Å². The highest BCUT2D eigenvalue weighted by molar-refractivity contribution is 7.18. The van der Waals surface area contributed by atoms with Crippen LogP contribution in [0.3, 0.4) is 0 Å². The quantitative estimate of drug-likeness (QED) is 0.592. The van der Waals surface area contributed by atoms with Crippen LogP contribution in [-0.2, 0) is 16.1 Å². The van der Waals surface area contributed by atoms with Crippen LogP contribution in [0.5, 0.6) is 0 Å². The second-order valence-electron chi connectivity index (χ2n) is 5.67. The molecule has 0 aliphatic rings. The van der Waals surface area contributed by atoms with Gasteiger partial charge in [0.15, 0.2) is 0 Å². The van der Waals surface area contributed by atoms with Crippen LogP contribution in [-0.4, -0.2) is 22.0 Å². The van der Waals surface area contributed by atoms with Gasteiger partial charge in [0, 0.05) is 12.1 Å². The molecule has 0 bridgehead atoms. The number of amides is 1. The third-order valence-electron chi connectivity index (χ3n) is 3.78. The number of carbonyl (C=O) groups is 2. The van der Waals surface area contributed by atoms with E-state index in [0.29, 0.717) is 26.3 Å². The summed E-state index contributed by atoms with van der Waals surface area (Å²) in [6, 6.07) is 8.86. The molecule has 1 heterocycles. The Hall–Kier alpha value is -2.22. The number of anilines is 1. The van der Waals surface area contributed by atoms with E-state index < -0.39 is 17.7 Å². The molecule has 0 fully saturated rings. The molecular weight excluding hydrogens is 414 g/mol. The van der Waals surface area contributed by atoms with Crippen LogP contribution in [0.2, 0.25) is 10.0 Å². The number of carboxylic acids is 1. The summed E-state index contributed by atoms with van der Waals surface area (Å²) in [7, 11) is 0. The molecule has 140 valence electrons. The average molecular weight is 427 g/mol. The highest BCUT2D eigenvalue weighted by Crippen LogP contribution is 2.34. The zero-order valence-corrected chi connectivity index (χ0v) is 16.1. The lowest BCUT2D eigenvalue weighted by Crippen LogP contribution is -2.30. The van der Waals surface area contributed by atoms with E-state index >= 15 is 0 Å². The van der Waals surface area contributed by atoms with Gasteiger partial charge in [0.2, 0.25) is 5.91 Å². The molecular formula is C18H13Cl2FN2O3S. The molecule has 9 heteroatoms. The molecule has 1 amide bonds. The number of aliphatic carboxylic acids is 1. The van der Waals surface area contributed by atoms with Gasteiger partial charge in [-0.3, -0.25) is 9.59 Å². The third-order valence-corrected chi connectivity index (χ3v) is 5.58. The largest absolute Gasteiger partial charge is 0.481 e. The summed E-state index contributed by atoms with van der Waals surface area (Å²) in [6.07, 6.45) is -0.470. The van der Waals surface area contributed by atoms with Gasteiger partial charge in [-0.2, -0.15) is 0 Å². The number of hydrogen-bond donors (Lipinski definition) is 1. The van der Waals surface area contributed by atoms with Crippen LogP contribution in [0.4, 0.5) is 10.1 Å². The number of carboxylic acid groups (broad SMARTS) is 1. The standard InChI is InChI=1S/C18H13Cl2FN2O3S/c19-12-5-6-13-18(17(12)20)22-14(27-13)9-23(15(24)7-8-16(25)26)11-3-1-10(21)2-4-11/h1-6H,7-9H2,(H,25,26). The fourth-order valence-corrected chi connectivity index (χ4v) is 3.86. The van der Waals surface area contributed by atoms with Crippen molar-refractivity contribution in [1.29, 1.82) is 0 Å². The Bertz CT molecular complexity index is 1010. The summed E-state index contributed by atoms with van der Waals surface area (Å²) < 4.78 is 14.1. The molecule has 1 N–H and O–H groups in total. The van der Waals surface area contributed by atoms with E-state index in [1.807, 2.05) is 0 Å². The van der Waals surface area contributed by atoms with Gasteiger partial charge in [0.05, 0.1) is 27.7 Å². The smallest absolute Gasteiger partial charge is 0.303 e. The maximum Gasteiger partial charge on any atom is 0.303 e. The molecule has 0 saturated carbocycles. The fourth-order valence-electron chi connectivity index (χ4n) is 2.48. The number of benzene rings is 2. The van der Waals surface area contributed by atoms with Gasteiger partial charge in [-0.05, 0) is 36.4 Å². The van der Waals surface area contributed by atoms with Crippen molar-refractivity contribution in [1.82, 2.24) is 4.98 Å². The molecule has 3 aromatic rings. The molecule has 0 aliphatic carbocycles. The second-order valence-corrected chi connectivity index (χ2v) is 7.57. The average Bonchev–Trinajstić information content (AvgIpc) is 3.05. The highest BCUT2D eigenvalue weighted by atomic mass is 35.5. The van der Waals surface area contributed by atoms with Gasteiger partial charge >= 0.3 is 5.97 Å². The molecule has 0 aliphatic heterocycles. The van der Waals surface area contributed by atoms with Gasteiger partial charge in [-0.25, -0.2) is 9.37 Å². The summed E-state index contributed by atoms with van der Waals surface area (Å²) in [5.41, 5.74) is 0.997. The van der Waals surface area contributed by atoms with E-state index in [0.717, 1.165) is 4.70 Å². The summed E-state index contributed by atoms with van der Waals surface area (Å²) in [5, 5.41) is 10.2. The molecule has 0 unspecified atom stereocenters. The first-order chi connectivity index (χ1) is 12.8. The van der Waals surface area contributed by atoms with Gasteiger partial charge < -0.3 is 10.0 Å². The van der Waals surface area contributed by atoms with Crippen molar-refractivity contribution in [3.8, 4) is 0 Å². The van der Waals surface area contributed by atoms with Crippen molar-refractivity contribution < 1.29 is 19.1 Å². The van der Waals surface area contributed by atoms with E-state index in [1.54, 1.807) is 12.1 Å². The lowest BCUT2D eigenvalue weighted by Gasteiger charge is -2.21. The molecule has 5 nitrogen and oxygen atoms in total. The van der Waals surface area contributed by atoms with Crippen LogP contribution in [0, 0.1) is 5.82 Å². The Morgan fingerprint density at radius 1 is 1.11 bits per heavy atom. The number of nitrogens with zero attached hydrogens (tertiary/aromatic N) is 2. The summed E-state index contributed by atoms with van der Waals surface area (Å²) in [5.74, 6) is -1.89. The molecule has 0 atom stereocenters. The van der Waals surface area contributed by atoms with E-state index in [9.17, 15) is 14.0 Å². The van der Waals surface area contributed by atoms with Crippen molar-refractivity contribution in [2.75, 3.05) is 4.90 Å². The van der Waals surface area contributed by atoms with Crippen molar-refractivity contribution in [2.45, 2.75) is 19.4 Å². The summed E-state index contributed by atoms with van der Waals surface area (Å²) >= 11 is 13.5. The minimum Gasteiger partial charge on any atom is -0.481 e. The number of carbonyl (C=O) groups excluding carboxylic acids is 1. The lowest BCUT2D eigenvalue weighted by atomic mass is 10.2. The Morgan fingerprint density at radius 2 is 1.81 bits per heavy atom. The molecule has 0 radical (unpaired) electrons.